The summed E-state index contributed by atoms with van der Waals surface area (Å²) in [5.74, 6) is -1.95. The minimum absolute atomic E-state index is 0.131. The van der Waals surface area contributed by atoms with Gasteiger partial charge in [0.15, 0.2) is 4.80 Å². The van der Waals surface area contributed by atoms with Crippen LogP contribution >= 0.6 is 11.3 Å². The van der Waals surface area contributed by atoms with Gasteiger partial charge in [0.2, 0.25) is 0 Å². The monoisotopic (exact) mass is 436 g/mol. The largest absolute Gasteiger partial charge is 0.480 e. The highest BCUT2D eigenvalue weighted by Gasteiger charge is 2.31. The zero-order valence-electron chi connectivity index (χ0n) is 16.4. The standard InChI is InChI=1S/C21H19F3N2O3S/c1-4-15(19(28)29)26-16-8-11(2)12(3)9-17(16)30-20(26)25-18(27)13-6-5-7-14(10-13)21(22,23)24/h5-10,15H,4H2,1-3H3,(H,28,29)/b25-20-. The number of benzene rings is 2. The first kappa shape index (κ1) is 21.8. The van der Waals surface area contributed by atoms with Crippen LogP contribution in [0.4, 0.5) is 13.2 Å². The van der Waals surface area contributed by atoms with Gasteiger partial charge in [-0.05, 0) is 61.7 Å². The van der Waals surface area contributed by atoms with E-state index in [0.29, 0.717) is 5.52 Å². The highest BCUT2D eigenvalue weighted by Crippen LogP contribution is 2.30. The predicted octanol–water partition coefficient (Wildman–Crippen LogP) is 5.12. The molecule has 1 aromatic heterocycles. The number of hydrogen-bond acceptors (Lipinski definition) is 3. The maximum Gasteiger partial charge on any atom is 0.416 e. The third-order valence-electron chi connectivity index (χ3n) is 4.86. The van der Waals surface area contributed by atoms with E-state index in [1.165, 1.54) is 10.6 Å². The third-order valence-corrected chi connectivity index (χ3v) is 5.88. The van der Waals surface area contributed by atoms with Crippen molar-refractivity contribution in [3.05, 3.63) is 63.5 Å². The number of halogens is 3. The highest BCUT2D eigenvalue weighted by molar-refractivity contribution is 7.16. The number of carbonyl (C=O) groups is 2. The van der Waals surface area contributed by atoms with E-state index in [0.717, 1.165) is 45.4 Å². The normalized spacial score (nSPS) is 13.6. The molecular weight excluding hydrogens is 417 g/mol. The zero-order valence-corrected chi connectivity index (χ0v) is 17.3. The molecule has 0 bridgehead atoms. The van der Waals surface area contributed by atoms with Crippen LogP contribution in [0.5, 0.6) is 0 Å². The van der Waals surface area contributed by atoms with Gasteiger partial charge in [0.05, 0.1) is 15.8 Å². The van der Waals surface area contributed by atoms with Crippen LogP contribution in [-0.4, -0.2) is 21.6 Å². The van der Waals surface area contributed by atoms with Gasteiger partial charge in [-0.1, -0.05) is 24.3 Å². The van der Waals surface area contributed by atoms with Gasteiger partial charge in [-0.3, -0.25) is 4.79 Å². The van der Waals surface area contributed by atoms with E-state index in [4.69, 9.17) is 0 Å². The Kier molecular flexibility index (Phi) is 5.85. The molecule has 1 heterocycles. The lowest BCUT2D eigenvalue weighted by Gasteiger charge is -2.14. The minimum Gasteiger partial charge on any atom is -0.480 e. The van der Waals surface area contributed by atoms with E-state index < -0.39 is 29.7 Å². The van der Waals surface area contributed by atoms with Gasteiger partial charge in [0, 0.05) is 5.56 Å². The number of carbonyl (C=O) groups excluding carboxylic acids is 1. The Balaban J connectivity index is 2.23. The molecule has 2 aromatic carbocycles. The number of carboxylic acids is 1. The number of aliphatic carboxylic acids is 1. The molecule has 1 amide bonds. The van der Waals surface area contributed by atoms with Crippen molar-refractivity contribution in [1.29, 1.82) is 0 Å². The topological polar surface area (TPSA) is 71.7 Å². The Morgan fingerprint density at radius 3 is 2.43 bits per heavy atom. The van der Waals surface area contributed by atoms with Crippen LogP contribution in [0.2, 0.25) is 0 Å². The third kappa shape index (κ3) is 4.16. The Labute approximate surface area is 174 Å². The van der Waals surface area contributed by atoms with Crippen LogP contribution in [0.3, 0.4) is 0 Å². The molecule has 0 fully saturated rings. The number of thiazole rings is 1. The average molecular weight is 436 g/mol. The Morgan fingerprint density at radius 1 is 1.17 bits per heavy atom. The van der Waals surface area contributed by atoms with Crippen molar-refractivity contribution in [2.75, 3.05) is 0 Å². The first-order valence-corrected chi connectivity index (χ1v) is 9.96. The molecule has 0 saturated heterocycles. The molecule has 9 heteroatoms. The van der Waals surface area contributed by atoms with Crippen molar-refractivity contribution < 1.29 is 27.9 Å². The first-order valence-electron chi connectivity index (χ1n) is 9.14. The summed E-state index contributed by atoms with van der Waals surface area (Å²) in [4.78, 5) is 28.6. The van der Waals surface area contributed by atoms with Crippen molar-refractivity contribution in [3.8, 4) is 0 Å². The number of amides is 1. The minimum atomic E-state index is -4.58. The van der Waals surface area contributed by atoms with Crippen molar-refractivity contribution in [2.24, 2.45) is 4.99 Å². The molecular formula is C21H19F3N2O3S. The lowest BCUT2D eigenvalue weighted by molar-refractivity contribution is -0.141. The number of nitrogens with zero attached hydrogens (tertiary/aromatic N) is 2. The van der Waals surface area contributed by atoms with Gasteiger partial charge >= 0.3 is 12.1 Å². The van der Waals surface area contributed by atoms with Crippen LogP contribution in [0.25, 0.3) is 10.2 Å². The van der Waals surface area contributed by atoms with E-state index in [1.54, 1.807) is 6.92 Å². The second kappa shape index (κ2) is 8.06. The van der Waals surface area contributed by atoms with Crippen LogP contribution in [0.15, 0.2) is 41.4 Å². The average Bonchev–Trinajstić information content (AvgIpc) is 2.99. The van der Waals surface area contributed by atoms with Crippen molar-refractivity contribution in [2.45, 2.75) is 39.4 Å². The summed E-state index contributed by atoms with van der Waals surface area (Å²) in [6.07, 6.45) is -4.33. The van der Waals surface area contributed by atoms with E-state index in [9.17, 15) is 27.9 Å². The number of alkyl halides is 3. The summed E-state index contributed by atoms with van der Waals surface area (Å²) in [5, 5.41) is 9.66. The van der Waals surface area contributed by atoms with E-state index in [1.807, 2.05) is 26.0 Å². The molecule has 3 rings (SSSR count). The molecule has 0 saturated carbocycles. The number of aryl methyl sites for hydroxylation is 2. The van der Waals surface area contributed by atoms with Crippen LogP contribution < -0.4 is 4.80 Å². The van der Waals surface area contributed by atoms with Crippen LogP contribution in [0.1, 0.15) is 46.4 Å². The van der Waals surface area contributed by atoms with Crippen molar-refractivity contribution >= 4 is 33.4 Å². The van der Waals surface area contributed by atoms with Gasteiger partial charge in [-0.15, -0.1) is 0 Å². The summed E-state index contributed by atoms with van der Waals surface area (Å²) in [7, 11) is 0. The number of aromatic nitrogens is 1. The van der Waals surface area contributed by atoms with Crippen LogP contribution in [-0.2, 0) is 11.0 Å². The van der Waals surface area contributed by atoms with Crippen molar-refractivity contribution in [3.63, 3.8) is 0 Å². The highest BCUT2D eigenvalue weighted by atomic mass is 32.1. The van der Waals surface area contributed by atoms with E-state index >= 15 is 0 Å². The molecule has 5 nitrogen and oxygen atoms in total. The SMILES string of the molecule is CCC(C(=O)O)n1/c(=N/C(=O)c2cccc(C(F)(F)F)c2)sc2cc(C)c(C)cc21. The Bertz CT molecular complexity index is 1210. The summed E-state index contributed by atoms with van der Waals surface area (Å²) in [6, 6.07) is 6.76. The lowest BCUT2D eigenvalue weighted by atomic mass is 10.1. The second-order valence-corrected chi connectivity index (χ2v) is 7.93. The maximum atomic E-state index is 13.0. The molecule has 0 radical (unpaired) electrons. The summed E-state index contributed by atoms with van der Waals surface area (Å²) in [5.41, 5.74) is 1.40. The quantitative estimate of drug-likeness (QED) is 0.617. The molecule has 30 heavy (non-hydrogen) atoms. The number of hydrogen-bond donors (Lipinski definition) is 1. The summed E-state index contributed by atoms with van der Waals surface area (Å²) in [6.45, 7) is 5.51. The fourth-order valence-corrected chi connectivity index (χ4v) is 4.27. The van der Waals surface area contributed by atoms with Gasteiger partial charge in [-0.2, -0.15) is 18.2 Å². The summed E-state index contributed by atoms with van der Waals surface area (Å²) < 4.78 is 41.1. The molecule has 1 atom stereocenters. The first-order chi connectivity index (χ1) is 14.0. The fraction of sp³-hybridized carbons (Fsp3) is 0.286. The molecule has 1 unspecified atom stereocenters. The molecule has 0 aliphatic rings. The van der Waals surface area contributed by atoms with E-state index in [2.05, 4.69) is 4.99 Å². The smallest absolute Gasteiger partial charge is 0.416 e. The molecule has 3 aromatic rings. The van der Waals surface area contributed by atoms with E-state index in [-0.39, 0.29) is 16.8 Å². The Hall–Kier alpha value is -2.94. The lowest BCUT2D eigenvalue weighted by Crippen LogP contribution is -2.27. The Morgan fingerprint density at radius 2 is 1.83 bits per heavy atom. The fourth-order valence-electron chi connectivity index (χ4n) is 3.12. The maximum absolute atomic E-state index is 13.0. The van der Waals surface area contributed by atoms with Crippen molar-refractivity contribution in [1.82, 2.24) is 4.57 Å². The van der Waals surface area contributed by atoms with Crippen LogP contribution in [0, 0.1) is 13.8 Å². The molecule has 158 valence electrons. The van der Waals surface area contributed by atoms with Gasteiger partial charge in [0.1, 0.15) is 6.04 Å². The number of rotatable bonds is 4. The number of fused-ring (bicyclic) bond motifs is 1. The molecule has 0 spiro atoms. The second-order valence-electron chi connectivity index (χ2n) is 6.92. The summed E-state index contributed by atoms with van der Waals surface area (Å²) >= 11 is 1.13. The molecule has 1 N–H and O–H groups in total. The molecule has 0 aliphatic carbocycles. The van der Waals surface area contributed by atoms with Gasteiger partial charge < -0.3 is 9.67 Å². The molecule has 0 aliphatic heterocycles. The van der Waals surface area contributed by atoms with Gasteiger partial charge in [0.25, 0.3) is 5.91 Å². The number of carboxylic acid groups (broad SMARTS) is 1. The zero-order chi connectivity index (χ0) is 22.2. The van der Waals surface area contributed by atoms with Gasteiger partial charge in [-0.25, -0.2) is 4.79 Å². The predicted molar refractivity (Wildman–Crippen MR) is 108 cm³/mol.